The molecule has 0 bridgehead atoms. The summed E-state index contributed by atoms with van der Waals surface area (Å²) in [7, 11) is 0. The predicted molar refractivity (Wildman–Crippen MR) is 111 cm³/mol. The van der Waals surface area contributed by atoms with Gasteiger partial charge in [0.25, 0.3) is 5.91 Å². The van der Waals surface area contributed by atoms with Crippen LogP contribution in [-0.2, 0) is 4.79 Å². The Kier molecular flexibility index (Phi) is 7.20. The number of rotatable bonds is 6. The van der Waals surface area contributed by atoms with E-state index in [9.17, 15) is 9.18 Å². The smallest absolute Gasteiger partial charge is 0.282 e. The van der Waals surface area contributed by atoms with Gasteiger partial charge in [-0.25, -0.2) is 4.39 Å². The zero-order valence-electron chi connectivity index (χ0n) is 16.1. The summed E-state index contributed by atoms with van der Waals surface area (Å²) in [6.45, 7) is 6.76. The molecule has 0 spiro atoms. The number of anilines is 1. The fourth-order valence-electron chi connectivity index (χ4n) is 3.50. The van der Waals surface area contributed by atoms with E-state index in [1.54, 1.807) is 6.07 Å². The van der Waals surface area contributed by atoms with E-state index in [0.29, 0.717) is 5.02 Å². The third kappa shape index (κ3) is 5.64. The summed E-state index contributed by atoms with van der Waals surface area (Å²) in [5.41, 5.74) is 1.39. The molecule has 0 radical (unpaired) electrons. The van der Waals surface area contributed by atoms with Gasteiger partial charge in [-0.15, -0.1) is 0 Å². The molecule has 3 N–H and O–H groups in total. The minimum atomic E-state index is -0.512. The SMILES string of the molecule is C[C@H](C(=O)Nc1ccc(Cl)cc1F)[NH+]1CC[NH+](C/C=C/c2ccccc2)CC1. The average molecular weight is 404 g/mol. The highest BCUT2D eigenvalue weighted by Crippen LogP contribution is 2.18. The van der Waals surface area contributed by atoms with Crippen LogP contribution in [0.1, 0.15) is 12.5 Å². The Bertz CT molecular complexity index is 820. The molecular weight excluding hydrogens is 377 g/mol. The number of halogens is 2. The van der Waals surface area contributed by atoms with Gasteiger partial charge in [0, 0.05) is 5.02 Å². The van der Waals surface area contributed by atoms with Crippen molar-refractivity contribution in [2.24, 2.45) is 0 Å². The zero-order valence-corrected chi connectivity index (χ0v) is 16.8. The molecule has 6 heteroatoms. The molecule has 148 valence electrons. The number of piperazine rings is 1. The van der Waals surface area contributed by atoms with Gasteiger partial charge >= 0.3 is 0 Å². The quantitative estimate of drug-likeness (QED) is 0.668. The maximum atomic E-state index is 13.9. The van der Waals surface area contributed by atoms with E-state index < -0.39 is 5.82 Å². The molecule has 1 amide bonds. The first kappa shape index (κ1) is 20.5. The van der Waals surface area contributed by atoms with Gasteiger partial charge in [-0.05, 0) is 36.8 Å². The third-order valence-electron chi connectivity index (χ3n) is 5.31. The van der Waals surface area contributed by atoms with Gasteiger partial charge in [-0.1, -0.05) is 48.0 Å². The van der Waals surface area contributed by atoms with Crippen LogP contribution in [0.3, 0.4) is 0 Å². The van der Waals surface area contributed by atoms with Crippen molar-refractivity contribution >= 4 is 29.3 Å². The van der Waals surface area contributed by atoms with Gasteiger partial charge in [0.15, 0.2) is 6.04 Å². The Labute approximate surface area is 170 Å². The molecule has 0 aromatic heterocycles. The van der Waals surface area contributed by atoms with Crippen LogP contribution in [0.2, 0.25) is 5.02 Å². The number of carbonyl (C=O) groups is 1. The molecule has 1 saturated heterocycles. The summed E-state index contributed by atoms with van der Waals surface area (Å²) in [6.07, 6.45) is 4.37. The minimum Gasteiger partial charge on any atom is -0.322 e. The van der Waals surface area contributed by atoms with E-state index in [0.717, 1.165) is 32.7 Å². The fraction of sp³-hybridized carbons (Fsp3) is 0.318. The van der Waals surface area contributed by atoms with E-state index >= 15 is 0 Å². The van der Waals surface area contributed by atoms with Gasteiger partial charge in [-0.3, -0.25) is 4.79 Å². The van der Waals surface area contributed by atoms with Crippen LogP contribution in [0.15, 0.2) is 54.6 Å². The summed E-state index contributed by atoms with van der Waals surface area (Å²) in [6, 6.07) is 14.3. The molecule has 4 nitrogen and oxygen atoms in total. The van der Waals surface area contributed by atoms with Crippen molar-refractivity contribution in [1.29, 1.82) is 0 Å². The third-order valence-corrected chi connectivity index (χ3v) is 5.55. The number of carbonyl (C=O) groups excluding carboxylic acids is 1. The lowest BCUT2D eigenvalue weighted by atomic mass is 10.2. The second kappa shape index (κ2) is 9.82. The monoisotopic (exact) mass is 403 g/mol. The first-order valence-corrected chi connectivity index (χ1v) is 10.1. The Morgan fingerprint density at radius 2 is 1.89 bits per heavy atom. The maximum absolute atomic E-state index is 13.9. The highest BCUT2D eigenvalue weighted by molar-refractivity contribution is 6.30. The van der Waals surface area contributed by atoms with Gasteiger partial charge in [0.05, 0.1) is 12.2 Å². The molecule has 0 aliphatic carbocycles. The molecule has 1 aliphatic rings. The summed E-state index contributed by atoms with van der Waals surface area (Å²) in [5, 5.41) is 3.00. The summed E-state index contributed by atoms with van der Waals surface area (Å²) < 4.78 is 13.9. The van der Waals surface area contributed by atoms with Crippen LogP contribution in [0, 0.1) is 5.82 Å². The van der Waals surface area contributed by atoms with Crippen LogP contribution in [0.4, 0.5) is 10.1 Å². The zero-order chi connectivity index (χ0) is 19.9. The number of amides is 1. The van der Waals surface area contributed by atoms with Crippen molar-refractivity contribution in [3.63, 3.8) is 0 Å². The molecular formula is C22H27ClFN3O+2. The predicted octanol–water partition coefficient (Wildman–Crippen LogP) is 1.30. The summed E-state index contributed by atoms with van der Waals surface area (Å²) >= 11 is 5.76. The van der Waals surface area contributed by atoms with Gasteiger partial charge in [0.2, 0.25) is 0 Å². The number of nitrogens with one attached hydrogen (secondary N) is 3. The fourth-order valence-corrected chi connectivity index (χ4v) is 3.66. The molecule has 28 heavy (non-hydrogen) atoms. The Balaban J connectivity index is 1.46. The van der Waals surface area contributed by atoms with Gasteiger partial charge < -0.3 is 15.1 Å². The van der Waals surface area contributed by atoms with Crippen molar-refractivity contribution in [3.8, 4) is 0 Å². The molecule has 0 unspecified atom stereocenters. The van der Waals surface area contributed by atoms with Crippen molar-refractivity contribution in [2.75, 3.05) is 38.0 Å². The lowest BCUT2D eigenvalue weighted by Crippen LogP contribution is -3.29. The van der Waals surface area contributed by atoms with Crippen molar-refractivity contribution in [2.45, 2.75) is 13.0 Å². The number of hydrogen-bond acceptors (Lipinski definition) is 1. The summed E-state index contributed by atoms with van der Waals surface area (Å²) in [4.78, 5) is 15.3. The number of quaternary nitrogens is 2. The van der Waals surface area contributed by atoms with E-state index in [-0.39, 0.29) is 17.6 Å². The maximum Gasteiger partial charge on any atom is 0.282 e. The van der Waals surface area contributed by atoms with Crippen LogP contribution in [0.5, 0.6) is 0 Å². The second-order valence-corrected chi connectivity index (χ2v) is 7.70. The lowest BCUT2D eigenvalue weighted by Gasteiger charge is -2.32. The number of benzene rings is 2. The van der Waals surface area contributed by atoms with Crippen LogP contribution in [-0.4, -0.2) is 44.7 Å². The Morgan fingerprint density at radius 3 is 2.57 bits per heavy atom. The van der Waals surface area contributed by atoms with E-state index in [1.807, 2.05) is 25.1 Å². The van der Waals surface area contributed by atoms with Gasteiger partial charge in [-0.2, -0.15) is 0 Å². The van der Waals surface area contributed by atoms with E-state index in [2.05, 4.69) is 29.6 Å². The molecule has 1 heterocycles. The van der Waals surface area contributed by atoms with E-state index in [1.165, 1.54) is 27.5 Å². The molecule has 1 atom stereocenters. The highest BCUT2D eigenvalue weighted by Gasteiger charge is 2.30. The second-order valence-electron chi connectivity index (χ2n) is 7.26. The largest absolute Gasteiger partial charge is 0.322 e. The molecule has 2 aromatic rings. The molecule has 1 fully saturated rings. The molecule has 0 saturated carbocycles. The molecule has 3 rings (SSSR count). The van der Waals surface area contributed by atoms with Crippen LogP contribution in [0.25, 0.3) is 6.08 Å². The topological polar surface area (TPSA) is 38.0 Å². The molecule has 1 aliphatic heterocycles. The number of hydrogen-bond donors (Lipinski definition) is 3. The first-order valence-electron chi connectivity index (χ1n) is 9.68. The van der Waals surface area contributed by atoms with Crippen molar-refractivity contribution < 1.29 is 19.0 Å². The summed E-state index contributed by atoms with van der Waals surface area (Å²) in [5.74, 6) is -0.675. The van der Waals surface area contributed by atoms with Crippen LogP contribution >= 0.6 is 11.6 Å². The minimum absolute atomic E-state index is 0.163. The van der Waals surface area contributed by atoms with Crippen molar-refractivity contribution in [1.82, 2.24) is 0 Å². The first-order chi connectivity index (χ1) is 13.5. The molecule has 2 aromatic carbocycles. The van der Waals surface area contributed by atoms with Crippen LogP contribution < -0.4 is 15.1 Å². The highest BCUT2D eigenvalue weighted by atomic mass is 35.5. The average Bonchev–Trinajstić information content (AvgIpc) is 2.71. The Morgan fingerprint density at radius 1 is 1.18 bits per heavy atom. The normalized spacial score (nSPS) is 20.8. The van der Waals surface area contributed by atoms with E-state index in [4.69, 9.17) is 11.6 Å². The van der Waals surface area contributed by atoms with Crippen molar-refractivity contribution in [3.05, 3.63) is 71.0 Å². The van der Waals surface area contributed by atoms with Gasteiger partial charge in [0.1, 0.15) is 32.0 Å². The Hall–Kier alpha value is -2.21. The lowest BCUT2D eigenvalue weighted by molar-refractivity contribution is -1.02. The standard InChI is InChI=1S/C22H25ClFN3O/c1-17(22(28)25-21-10-9-19(23)16-20(21)24)27-14-12-26(13-15-27)11-5-8-18-6-3-2-4-7-18/h2-10,16-17H,11-15H2,1H3,(H,25,28)/p+2/b8-5+/t17-/m1/s1.